The molecule has 0 radical (unpaired) electrons. The third kappa shape index (κ3) is 5.44. The lowest BCUT2D eigenvalue weighted by molar-refractivity contribution is -0.135. The first kappa shape index (κ1) is 24.5. The Bertz CT molecular complexity index is 972. The lowest BCUT2D eigenvalue weighted by atomic mass is 9.88. The Hall–Kier alpha value is -3.14. The molecule has 2 heterocycles. The molecule has 9 nitrogen and oxygen atoms in total. The second-order valence-corrected chi connectivity index (χ2v) is 8.99. The van der Waals surface area contributed by atoms with Gasteiger partial charge in [0.05, 0.1) is 4.91 Å². The van der Waals surface area contributed by atoms with Gasteiger partial charge in [0, 0.05) is 13.1 Å². The molecule has 3 rings (SSSR count). The van der Waals surface area contributed by atoms with Gasteiger partial charge in [-0.3, -0.25) is 29.0 Å². The summed E-state index contributed by atoms with van der Waals surface area (Å²) in [6.07, 6.45) is 4.13. The minimum Gasteiger partial charge on any atom is -0.353 e. The molecule has 2 aliphatic heterocycles. The van der Waals surface area contributed by atoms with E-state index in [9.17, 15) is 24.0 Å². The molecule has 2 fully saturated rings. The van der Waals surface area contributed by atoms with Crippen molar-refractivity contribution in [2.75, 3.05) is 19.6 Å². The Labute approximate surface area is 196 Å². The average molecular weight is 473 g/mol. The van der Waals surface area contributed by atoms with E-state index in [4.69, 9.17) is 0 Å². The third-order valence-electron chi connectivity index (χ3n) is 5.53. The van der Waals surface area contributed by atoms with E-state index >= 15 is 0 Å². The number of imide groups is 2. The molecule has 176 valence electrons. The van der Waals surface area contributed by atoms with Crippen LogP contribution in [-0.4, -0.2) is 64.0 Å². The number of thioether (sulfide) groups is 1. The van der Waals surface area contributed by atoms with Crippen LogP contribution in [0.4, 0.5) is 9.59 Å². The second kappa shape index (κ2) is 10.7. The summed E-state index contributed by atoms with van der Waals surface area (Å²) in [6.45, 7) is 3.49. The van der Waals surface area contributed by atoms with Crippen molar-refractivity contribution >= 4 is 46.8 Å². The molecule has 6 amide bonds. The highest BCUT2D eigenvalue weighted by Gasteiger charge is 2.50. The standard InChI is InChI=1S/C23H28N4O5S/c1-3-10-23(11-4-2)20(30)27(21(31)25-23)15-18(28)24-12-13-26-19(29)17(33-22(26)32)14-16-8-6-5-7-9-16/h5-9,14H,3-4,10-13,15H2,1-2H3,(H,24,28)(H,25,31)/b17-14+. The molecule has 0 aliphatic carbocycles. The van der Waals surface area contributed by atoms with E-state index in [1.54, 1.807) is 6.08 Å². The van der Waals surface area contributed by atoms with E-state index in [1.807, 2.05) is 44.2 Å². The van der Waals surface area contributed by atoms with Crippen LogP contribution in [0, 0.1) is 0 Å². The Morgan fingerprint density at radius 1 is 1.06 bits per heavy atom. The molecule has 2 aliphatic rings. The maximum Gasteiger partial charge on any atom is 0.325 e. The fraction of sp³-hybridized carbons (Fsp3) is 0.435. The number of nitrogens with zero attached hydrogens (tertiary/aromatic N) is 2. The van der Waals surface area contributed by atoms with Crippen LogP contribution in [-0.2, 0) is 14.4 Å². The lowest BCUT2D eigenvalue weighted by Crippen LogP contribution is -2.48. The van der Waals surface area contributed by atoms with Crippen molar-refractivity contribution in [1.29, 1.82) is 0 Å². The van der Waals surface area contributed by atoms with Crippen molar-refractivity contribution in [3.8, 4) is 0 Å². The summed E-state index contributed by atoms with van der Waals surface area (Å²) in [5.41, 5.74) is -0.138. The van der Waals surface area contributed by atoms with E-state index in [-0.39, 0.29) is 19.0 Å². The van der Waals surface area contributed by atoms with E-state index in [0.717, 1.165) is 40.0 Å². The van der Waals surface area contributed by atoms with Crippen LogP contribution in [0.2, 0.25) is 0 Å². The molecule has 0 bridgehead atoms. The maximum atomic E-state index is 12.9. The SMILES string of the molecule is CCCC1(CCC)NC(=O)N(CC(=O)NCCN2C(=O)S/C(=C/c3ccccc3)C2=O)C1=O. The van der Waals surface area contributed by atoms with Gasteiger partial charge in [-0.25, -0.2) is 4.79 Å². The molecule has 10 heteroatoms. The molecule has 0 atom stereocenters. The highest BCUT2D eigenvalue weighted by molar-refractivity contribution is 8.18. The van der Waals surface area contributed by atoms with Gasteiger partial charge >= 0.3 is 6.03 Å². The summed E-state index contributed by atoms with van der Waals surface area (Å²) < 4.78 is 0. The maximum absolute atomic E-state index is 12.9. The van der Waals surface area contributed by atoms with Crippen LogP contribution in [0.1, 0.15) is 45.1 Å². The van der Waals surface area contributed by atoms with Gasteiger partial charge in [0.2, 0.25) is 5.91 Å². The Kier molecular flexibility index (Phi) is 7.91. The van der Waals surface area contributed by atoms with Crippen LogP contribution >= 0.6 is 11.8 Å². The van der Waals surface area contributed by atoms with Gasteiger partial charge in [0.1, 0.15) is 12.1 Å². The number of nitrogens with one attached hydrogen (secondary N) is 2. The number of amides is 6. The summed E-state index contributed by atoms with van der Waals surface area (Å²) in [6, 6.07) is 8.63. The molecular weight excluding hydrogens is 444 g/mol. The first-order valence-electron chi connectivity index (χ1n) is 11.0. The zero-order valence-electron chi connectivity index (χ0n) is 18.8. The smallest absolute Gasteiger partial charge is 0.325 e. The van der Waals surface area contributed by atoms with Crippen molar-refractivity contribution in [3.05, 3.63) is 40.8 Å². The van der Waals surface area contributed by atoms with Crippen molar-refractivity contribution in [1.82, 2.24) is 20.4 Å². The number of benzene rings is 1. The topological polar surface area (TPSA) is 116 Å². The van der Waals surface area contributed by atoms with Crippen molar-refractivity contribution < 1.29 is 24.0 Å². The summed E-state index contributed by atoms with van der Waals surface area (Å²) in [5, 5.41) is 4.94. The summed E-state index contributed by atoms with van der Waals surface area (Å²) in [7, 11) is 0. The van der Waals surface area contributed by atoms with Gasteiger partial charge in [-0.15, -0.1) is 0 Å². The number of hydrogen-bond donors (Lipinski definition) is 2. The molecule has 2 N–H and O–H groups in total. The molecule has 0 aromatic heterocycles. The largest absolute Gasteiger partial charge is 0.353 e. The molecule has 0 spiro atoms. The van der Waals surface area contributed by atoms with Gasteiger partial charge in [-0.05, 0) is 36.2 Å². The quantitative estimate of drug-likeness (QED) is 0.400. The summed E-state index contributed by atoms with van der Waals surface area (Å²) in [4.78, 5) is 64.7. The zero-order chi connectivity index (χ0) is 24.0. The zero-order valence-corrected chi connectivity index (χ0v) is 19.6. The van der Waals surface area contributed by atoms with E-state index in [2.05, 4.69) is 10.6 Å². The van der Waals surface area contributed by atoms with Crippen molar-refractivity contribution in [2.24, 2.45) is 0 Å². The van der Waals surface area contributed by atoms with Crippen LogP contribution in [0.3, 0.4) is 0 Å². The highest BCUT2D eigenvalue weighted by atomic mass is 32.2. The highest BCUT2D eigenvalue weighted by Crippen LogP contribution is 2.32. The number of carbonyl (C=O) groups is 5. The minimum atomic E-state index is -0.950. The fourth-order valence-corrected chi connectivity index (χ4v) is 4.90. The molecule has 1 aromatic carbocycles. The Balaban J connectivity index is 1.53. The van der Waals surface area contributed by atoms with Gasteiger partial charge < -0.3 is 10.6 Å². The van der Waals surface area contributed by atoms with Crippen LogP contribution in [0.15, 0.2) is 35.2 Å². The van der Waals surface area contributed by atoms with Crippen LogP contribution < -0.4 is 10.6 Å². The normalized spacial score (nSPS) is 18.9. The fourth-order valence-electron chi connectivity index (χ4n) is 4.04. The molecule has 1 aromatic rings. The first-order valence-corrected chi connectivity index (χ1v) is 11.8. The van der Waals surface area contributed by atoms with Gasteiger partial charge in [0.15, 0.2) is 0 Å². The van der Waals surface area contributed by atoms with E-state index in [0.29, 0.717) is 17.7 Å². The Morgan fingerprint density at radius 3 is 2.36 bits per heavy atom. The van der Waals surface area contributed by atoms with Gasteiger partial charge in [-0.1, -0.05) is 57.0 Å². The molecule has 0 unspecified atom stereocenters. The number of rotatable bonds is 10. The van der Waals surface area contributed by atoms with E-state index < -0.39 is 35.2 Å². The summed E-state index contributed by atoms with van der Waals surface area (Å²) in [5.74, 6) is -1.33. The lowest BCUT2D eigenvalue weighted by Gasteiger charge is -2.25. The minimum absolute atomic E-state index is 0.00170. The number of urea groups is 1. The Morgan fingerprint density at radius 2 is 1.73 bits per heavy atom. The van der Waals surface area contributed by atoms with Crippen LogP contribution in [0.5, 0.6) is 0 Å². The molecule has 2 saturated heterocycles. The number of hydrogen-bond acceptors (Lipinski definition) is 6. The van der Waals surface area contributed by atoms with E-state index in [1.165, 1.54) is 0 Å². The predicted molar refractivity (Wildman–Crippen MR) is 125 cm³/mol. The third-order valence-corrected chi connectivity index (χ3v) is 6.44. The predicted octanol–water partition coefficient (Wildman–Crippen LogP) is 2.73. The molecule has 33 heavy (non-hydrogen) atoms. The molecule has 0 saturated carbocycles. The van der Waals surface area contributed by atoms with Gasteiger partial charge in [-0.2, -0.15) is 0 Å². The first-order chi connectivity index (χ1) is 15.8. The summed E-state index contributed by atoms with van der Waals surface area (Å²) >= 11 is 0.851. The second-order valence-electron chi connectivity index (χ2n) is 8.00. The van der Waals surface area contributed by atoms with Crippen LogP contribution in [0.25, 0.3) is 6.08 Å². The van der Waals surface area contributed by atoms with Crippen molar-refractivity contribution in [2.45, 2.75) is 45.1 Å². The average Bonchev–Trinajstić information content (AvgIpc) is 3.17. The van der Waals surface area contributed by atoms with Crippen molar-refractivity contribution in [3.63, 3.8) is 0 Å². The monoisotopic (exact) mass is 472 g/mol. The molecular formula is C23H28N4O5S. The van der Waals surface area contributed by atoms with Gasteiger partial charge in [0.25, 0.3) is 17.1 Å². The number of carbonyl (C=O) groups excluding carboxylic acids is 5.